The second kappa shape index (κ2) is 7.59. The van der Waals surface area contributed by atoms with Gasteiger partial charge in [0.2, 0.25) is 0 Å². The first-order chi connectivity index (χ1) is 10.1. The van der Waals surface area contributed by atoms with E-state index in [4.69, 9.17) is 15.2 Å². The molecule has 0 spiro atoms. The molecule has 0 bridgehead atoms. The van der Waals surface area contributed by atoms with Crippen LogP contribution in [0.4, 0.5) is 0 Å². The lowest BCUT2D eigenvalue weighted by Crippen LogP contribution is -2.27. The standard InChI is InChI=1S/C17H20BrNO2/c1-12(19)17(13-7-5-8-15(10-13)20-2)21-11-14-6-3-4-9-16(14)18/h3-10,12,17H,11,19H2,1-2H3. The molecule has 2 rings (SSSR count). The van der Waals surface area contributed by atoms with Crippen molar-refractivity contribution in [3.63, 3.8) is 0 Å². The van der Waals surface area contributed by atoms with Gasteiger partial charge in [-0.15, -0.1) is 0 Å². The molecule has 0 aliphatic carbocycles. The van der Waals surface area contributed by atoms with Gasteiger partial charge in [0.15, 0.2) is 0 Å². The van der Waals surface area contributed by atoms with E-state index < -0.39 is 0 Å². The van der Waals surface area contributed by atoms with E-state index in [1.54, 1.807) is 7.11 Å². The van der Waals surface area contributed by atoms with E-state index in [-0.39, 0.29) is 12.1 Å². The fourth-order valence-electron chi connectivity index (χ4n) is 2.17. The first-order valence-corrected chi connectivity index (χ1v) is 7.65. The Morgan fingerprint density at radius 3 is 2.57 bits per heavy atom. The quantitative estimate of drug-likeness (QED) is 0.854. The molecule has 0 saturated carbocycles. The second-order valence-corrected chi connectivity index (χ2v) is 5.81. The van der Waals surface area contributed by atoms with Gasteiger partial charge in [-0.25, -0.2) is 0 Å². The summed E-state index contributed by atoms with van der Waals surface area (Å²) in [5, 5.41) is 0. The Balaban J connectivity index is 2.14. The van der Waals surface area contributed by atoms with E-state index in [1.807, 2.05) is 55.5 Å². The molecule has 112 valence electrons. The van der Waals surface area contributed by atoms with E-state index in [0.29, 0.717) is 6.61 Å². The number of hydrogen-bond donors (Lipinski definition) is 1. The van der Waals surface area contributed by atoms with Crippen LogP contribution in [-0.4, -0.2) is 13.2 Å². The molecule has 0 saturated heterocycles. The molecule has 0 aliphatic heterocycles. The molecule has 3 nitrogen and oxygen atoms in total. The Bertz CT molecular complexity index is 587. The van der Waals surface area contributed by atoms with Crippen molar-refractivity contribution < 1.29 is 9.47 Å². The summed E-state index contributed by atoms with van der Waals surface area (Å²) in [5.74, 6) is 0.808. The van der Waals surface area contributed by atoms with Crippen LogP contribution < -0.4 is 10.5 Å². The molecule has 0 aromatic heterocycles. The number of ether oxygens (including phenoxy) is 2. The van der Waals surface area contributed by atoms with E-state index >= 15 is 0 Å². The summed E-state index contributed by atoms with van der Waals surface area (Å²) in [6.45, 7) is 2.45. The van der Waals surface area contributed by atoms with E-state index in [1.165, 1.54) is 0 Å². The van der Waals surface area contributed by atoms with Gasteiger partial charge >= 0.3 is 0 Å². The molecule has 2 N–H and O–H groups in total. The minimum atomic E-state index is -0.174. The van der Waals surface area contributed by atoms with Crippen molar-refractivity contribution >= 4 is 15.9 Å². The van der Waals surface area contributed by atoms with Crippen molar-refractivity contribution in [2.24, 2.45) is 5.73 Å². The molecule has 0 fully saturated rings. The van der Waals surface area contributed by atoms with Crippen LogP contribution in [0.1, 0.15) is 24.2 Å². The topological polar surface area (TPSA) is 44.5 Å². The lowest BCUT2D eigenvalue weighted by Gasteiger charge is -2.22. The first kappa shape index (κ1) is 16.0. The average Bonchev–Trinajstić information content (AvgIpc) is 2.49. The van der Waals surface area contributed by atoms with Crippen LogP contribution in [0.2, 0.25) is 0 Å². The summed E-state index contributed by atoms with van der Waals surface area (Å²) < 4.78 is 12.3. The Hall–Kier alpha value is -1.36. The van der Waals surface area contributed by atoms with Gasteiger partial charge in [-0.05, 0) is 36.2 Å². The zero-order valence-electron chi connectivity index (χ0n) is 12.3. The van der Waals surface area contributed by atoms with Gasteiger partial charge in [0.25, 0.3) is 0 Å². The lowest BCUT2D eigenvalue weighted by atomic mass is 10.0. The summed E-state index contributed by atoms with van der Waals surface area (Å²) in [5.41, 5.74) is 8.21. The zero-order chi connectivity index (χ0) is 15.2. The van der Waals surface area contributed by atoms with Crippen molar-refractivity contribution in [2.75, 3.05) is 7.11 Å². The number of halogens is 1. The molecule has 0 aliphatic rings. The highest BCUT2D eigenvalue weighted by molar-refractivity contribution is 9.10. The molecule has 0 heterocycles. The number of hydrogen-bond acceptors (Lipinski definition) is 3. The van der Waals surface area contributed by atoms with Crippen LogP contribution in [0.3, 0.4) is 0 Å². The molecular weight excluding hydrogens is 330 g/mol. The number of methoxy groups -OCH3 is 1. The van der Waals surface area contributed by atoms with Crippen molar-refractivity contribution in [1.29, 1.82) is 0 Å². The first-order valence-electron chi connectivity index (χ1n) is 6.86. The highest BCUT2D eigenvalue weighted by Crippen LogP contribution is 2.26. The van der Waals surface area contributed by atoms with Gasteiger partial charge in [0, 0.05) is 10.5 Å². The maximum atomic E-state index is 6.08. The highest BCUT2D eigenvalue weighted by Gasteiger charge is 2.18. The largest absolute Gasteiger partial charge is 0.497 e. The summed E-state index contributed by atoms with van der Waals surface area (Å²) in [7, 11) is 1.65. The normalized spacial score (nSPS) is 13.7. The highest BCUT2D eigenvalue weighted by atomic mass is 79.9. The van der Waals surface area contributed by atoms with Gasteiger partial charge in [0.1, 0.15) is 5.75 Å². The minimum Gasteiger partial charge on any atom is -0.497 e. The summed E-state index contributed by atoms with van der Waals surface area (Å²) in [4.78, 5) is 0. The minimum absolute atomic E-state index is 0.111. The molecule has 0 amide bonds. The van der Waals surface area contributed by atoms with Gasteiger partial charge in [0.05, 0.1) is 19.8 Å². The molecule has 21 heavy (non-hydrogen) atoms. The molecule has 2 aromatic carbocycles. The molecule has 2 atom stereocenters. The fourth-order valence-corrected chi connectivity index (χ4v) is 2.56. The molecule has 0 radical (unpaired) electrons. The number of rotatable bonds is 6. The fraction of sp³-hybridized carbons (Fsp3) is 0.294. The van der Waals surface area contributed by atoms with E-state index in [2.05, 4.69) is 15.9 Å². The third kappa shape index (κ3) is 4.30. The van der Waals surface area contributed by atoms with Gasteiger partial charge in [-0.3, -0.25) is 0 Å². The third-order valence-electron chi connectivity index (χ3n) is 3.28. The Morgan fingerprint density at radius 1 is 1.14 bits per heavy atom. The van der Waals surface area contributed by atoms with Crippen molar-refractivity contribution in [1.82, 2.24) is 0 Å². The molecule has 2 unspecified atom stereocenters. The third-order valence-corrected chi connectivity index (χ3v) is 4.05. The van der Waals surface area contributed by atoms with Crippen molar-refractivity contribution in [3.05, 3.63) is 64.1 Å². The molecule has 2 aromatic rings. The molecular formula is C17H20BrNO2. The van der Waals surface area contributed by atoms with E-state index in [9.17, 15) is 0 Å². The van der Waals surface area contributed by atoms with Crippen LogP contribution >= 0.6 is 15.9 Å². The number of nitrogens with two attached hydrogens (primary N) is 1. The van der Waals surface area contributed by atoms with Gasteiger partial charge < -0.3 is 15.2 Å². The van der Waals surface area contributed by atoms with Crippen molar-refractivity contribution in [3.8, 4) is 5.75 Å². The Morgan fingerprint density at radius 2 is 1.90 bits per heavy atom. The summed E-state index contributed by atoms with van der Waals surface area (Å²) in [6.07, 6.45) is -0.174. The SMILES string of the molecule is COc1cccc(C(OCc2ccccc2Br)C(C)N)c1. The molecule has 4 heteroatoms. The predicted octanol–water partition coefficient (Wildman–Crippen LogP) is 4.06. The Kier molecular flexibility index (Phi) is 5.79. The van der Waals surface area contributed by atoms with E-state index in [0.717, 1.165) is 21.3 Å². The number of benzene rings is 2. The summed E-state index contributed by atoms with van der Waals surface area (Å²) in [6, 6.07) is 15.7. The van der Waals surface area contributed by atoms with Crippen LogP contribution in [0, 0.1) is 0 Å². The maximum Gasteiger partial charge on any atom is 0.119 e. The Labute approximate surface area is 134 Å². The van der Waals surface area contributed by atoms with Crippen LogP contribution in [0.5, 0.6) is 5.75 Å². The van der Waals surface area contributed by atoms with Crippen LogP contribution in [0.25, 0.3) is 0 Å². The van der Waals surface area contributed by atoms with Crippen LogP contribution in [0.15, 0.2) is 53.0 Å². The van der Waals surface area contributed by atoms with Crippen molar-refractivity contribution in [2.45, 2.75) is 25.7 Å². The monoisotopic (exact) mass is 349 g/mol. The van der Waals surface area contributed by atoms with Gasteiger partial charge in [-0.1, -0.05) is 46.3 Å². The zero-order valence-corrected chi connectivity index (χ0v) is 13.8. The average molecular weight is 350 g/mol. The smallest absolute Gasteiger partial charge is 0.119 e. The predicted molar refractivity (Wildman–Crippen MR) is 88.3 cm³/mol. The van der Waals surface area contributed by atoms with Gasteiger partial charge in [-0.2, -0.15) is 0 Å². The second-order valence-electron chi connectivity index (χ2n) is 4.96. The lowest BCUT2D eigenvalue weighted by molar-refractivity contribution is 0.0255. The summed E-state index contributed by atoms with van der Waals surface area (Å²) >= 11 is 3.53. The van der Waals surface area contributed by atoms with Crippen LogP contribution in [-0.2, 0) is 11.3 Å². The maximum absolute atomic E-state index is 6.08.